The predicted octanol–water partition coefficient (Wildman–Crippen LogP) is 4.19. The first kappa shape index (κ1) is 16.3. The molecule has 0 aromatic carbocycles. The van der Waals surface area contributed by atoms with Gasteiger partial charge < -0.3 is 9.05 Å². The Bertz CT molecular complexity index is 149. The molecule has 0 saturated carbocycles. The van der Waals surface area contributed by atoms with E-state index in [4.69, 9.17) is 9.05 Å². The standard InChI is InChI=1S/C12H28NO2P/c1-7-9-14-16(15-10-8-2)13(11(3)4)12(5)6/h11-12H,7-10H2,1-6H3. The molecular weight excluding hydrogens is 221 g/mol. The summed E-state index contributed by atoms with van der Waals surface area (Å²) in [7, 11) is -0.881. The Morgan fingerprint density at radius 2 is 1.25 bits per heavy atom. The monoisotopic (exact) mass is 249 g/mol. The van der Waals surface area contributed by atoms with E-state index in [1.165, 1.54) is 0 Å². The van der Waals surface area contributed by atoms with E-state index in [9.17, 15) is 0 Å². The van der Waals surface area contributed by atoms with Crippen LogP contribution in [0.25, 0.3) is 0 Å². The summed E-state index contributed by atoms with van der Waals surface area (Å²) in [5.41, 5.74) is 0. The Morgan fingerprint density at radius 1 is 0.875 bits per heavy atom. The van der Waals surface area contributed by atoms with Crippen LogP contribution in [0.1, 0.15) is 54.4 Å². The zero-order valence-corrected chi connectivity index (χ0v) is 12.6. The second kappa shape index (κ2) is 9.35. The lowest BCUT2D eigenvalue weighted by Crippen LogP contribution is -2.33. The van der Waals surface area contributed by atoms with Crippen LogP contribution in [-0.2, 0) is 9.05 Å². The van der Waals surface area contributed by atoms with E-state index in [0.717, 1.165) is 26.1 Å². The highest BCUT2D eigenvalue weighted by Gasteiger charge is 2.26. The third-order valence-electron chi connectivity index (χ3n) is 2.06. The SMILES string of the molecule is CCCOP(OCCC)N(C(C)C)C(C)C. The molecule has 0 radical (unpaired) electrons. The maximum absolute atomic E-state index is 5.85. The molecule has 0 amide bonds. The van der Waals surface area contributed by atoms with Gasteiger partial charge in [-0.05, 0) is 40.5 Å². The zero-order chi connectivity index (χ0) is 12.6. The maximum Gasteiger partial charge on any atom is 0.259 e. The lowest BCUT2D eigenvalue weighted by molar-refractivity contribution is 0.174. The van der Waals surface area contributed by atoms with Crippen LogP contribution in [0.15, 0.2) is 0 Å². The average molecular weight is 249 g/mol. The fourth-order valence-electron chi connectivity index (χ4n) is 1.48. The van der Waals surface area contributed by atoms with Crippen molar-refractivity contribution in [2.24, 2.45) is 0 Å². The zero-order valence-electron chi connectivity index (χ0n) is 11.7. The minimum Gasteiger partial charge on any atom is -0.322 e. The van der Waals surface area contributed by atoms with Crippen LogP contribution < -0.4 is 0 Å². The van der Waals surface area contributed by atoms with Gasteiger partial charge in [0.05, 0.1) is 13.2 Å². The molecule has 0 aliphatic carbocycles. The highest BCUT2D eigenvalue weighted by atomic mass is 31.2. The van der Waals surface area contributed by atoms with E-state index in [2.05, 4.69) is 46.2 Å². The van der Waals surface area contributed by atoms with E-state index < -0.39 is 8.53 Å². The van der Waals surface area contributed by atoms with Gasteiger partial charge in [-0.15, -0.1) is 0 Å². The van der Waals surface area contributed by atoms with Gasteiger partial charge in [-0.2, -0.15) is 0 Å². The van der Waals surface area contributed by atoms with Crippen LogP contribution >= 0.6 is 8.53 Å². The van der Waals surface area contributed by atoms with Crippen molar-refractivity contribution in [3.8, 4) is 0 Å². The highest BCUT2D eigenvalue weighted by Crippen LogP contribution is 2.45. The van der Waals surface area contributed by atoms with Gasteiger partial charge in [0.2, 0.25) is 0 Å². The molecule has 16 heavy (non-hydrogen) atoms. The fourth-order valence-corrected chi connectivity index (χ4v) is 3.26. The lowest BCUT2D eigenvalue weighted by atomic mass is 10.3. The minimum absolute atomic E-state index is 0.458. The molecule has 0 unspecified atom stereocenters. The molecule has 0 heterocycles. The first-order valence-corrected chi connectivity index (χ1v) is 7.51. The molecule has 0 aromatic rings. The van der Waals surface area contributed by atoms with Gasteiger partial charge in [-0.25, -0.2) is 4.67 Å². The molecule has 0 fully saturated rings. The molecule has 0 saturated heterocycles. The van der Waals surface area contributed by atoms with Crippen LogP contribution in [-0.4, -0.2) is 30.0 Å². The molecule has 0 atom stereocenters. The molecule has 0 N–H and O–H groups in total. The number of hydrogen-bond donors (Lipinski definition) is 0. The van der Waals surface area contributed by atoms with E-state index in [-0.39, 0.29) is 0 Å². The van der Waals surface area contributed by atoms with Crippen molar-refractivity contribution in [3.05, 3.63) is 0 Å². The summed E-state index contributed by atoms with van der Waals surface area (Å²) < 4.78 is 14.0. The van der Waals surface area contributed by atoms with Crippen molar-refractivity contribution < 1.29 is 9.05 Å². The normalized spacial score (nSPS) is 12.4. The summed E-state index contributed by atoms with van der Waals surface area (Å²) in [5.74, 6) is 0. The Balaban J connectivity index is 4.40. The summed E-state index contributed by atoms with van der Waals surface area (Å²) >= 11 is 0. The van der Waals surface area contributed by atoms with Crippen LogP contribution in [0, 0.1) is 0 Å². The lowest BCUT2D eigenvalue weighted by Gasteiger charge is -2.35. The van der Waals surface area contributed by atoms with Gasteiger partial charge >= 0.3 is 0 Å². The molecule has 0 aliphatic rings. The quantitative estimate of drug-likeness (QED) is 0.572. The molecule has 0 spiro atoms. The molecule has 0 aromatic heterocycles. The van der Waals surface area contributed by atoms with Crippen molar-refractivity contribution in [2.45, 2.75) is 66.5 Å². The number of nitrogens with zero attached hydrogens (tertiary/aromatic N) is 1. The number of rotatable bonds is 9. The van der Waals surface area contributed by atoms with Crippen LogP contribution in [0.4, 0.5) is 0 Å². The Hall–Kier alpha value is 0.310. The molecular formula is C12H28NO2P. The van der Waals surface area contributed by atoms with Gasteiger partial charge in [-0.1, -0.05) is 13.8 Å². The van der Waals surface area contributed by atoms with Crippen molar-refractivity contribution in [1.29, 1.82) is 0 Å². The van der Waals surface area contributed by atoms with Crippen molar-refractivity contribution in [2.75, 3.05) is 13.2 Å². The summed E-state index contributed by atoms with van der Waals surface area (Å²) in [5, 5.41) is 0. The van der Waals surface area contributed by atoms with Crippen LogP contribution in [0.3, 0.4) is 0 Å². The third-order valence-corrected chi connectivity index (χ3v) is 4.17. The summed E-state index contributed by atoms with van der Waals surface area (Å²) in [6.07, 6.45) is 2.08. The van der Waals surface area contributed by atoms with E-state index in [1.54, 1.807) is 0 Å². The average Bonchev–Trinajstić information content (AvgIpc) is 2.20. The van der Waals surface area contributed by atoms with Gasteiger partial charge in [0.25, 0.3) is 8.53 Å². The Labute approximate surface area is 102 Å². The molecule has 4 heteroatoms. The first-order chi connectivity index (χ1) is 7.54. The van der Waals surface area contributed by atoms with E-state index >= 15 is 0 Å². The summed E-state index contributed by atoms with van der Waals surface area (Å²) in [6.45, 7) is 14.6. The van der Waals surface area contributed by atoms with E-state index in [0.29, 0.717) is 12.1 Å². The molecule has 0 aliphatic heterocycles. The predicted molar refractivity (Wildman–Crippen MR) is 71.5 cm³/mol. The minimum atomic E-state index is -0.881. The van der Waals surface area contributed by atoms with E-state index in [1.807, 2.05) is 0 Å². The van der Waals surface area contributed by atoms with Crippen molar-refractivity contribution in [1.82, 2.24) is 4.67 Å². The van der Waals surface area contributed by atoms with Crippen LogP contribution in [0.5, 0.6) is 0 Å². The summed E-state index contributed by atoms with van der Waals surface area (Å²) in [4.78, 5) is 0. The molecule has 3 nitrogen and oxygen atoms in total. The molecule has 98 valence electrons. The van der Waals surface area contributed by atoms with Crippen molar-refractivity contribution >= 4 is 8.53 Å². The third kappa shape index (κ3) is 6.15. The van der Waals surface area contributed by atoms with Gasteiger partial charge in [0.1, 0.15) is 0 Å². The van der Waals surface area contributed by atoms with Crippen LogP contribution in [0.2, 0.25) is 0 Å². The Morgan fingerprint density at radius 3 is 1.50 bits per heavy atom. The summed E-state index contributed by atoms with van der Waals surface area (Å²) in [6, 6.07) is 0.916. The Kier molecular flexibility index (Phi) is 9.53. The fraction of sp³-hybridized carbons (Fsp3) is 1.00. The molecule has 0 bridgehead atoms. The second-order valence-corrected chi connectivity index (χ2v) is 5.93. The molecule has 0 rings (SSSR count). The first-order valence-electron chi connectivity index (χ1n) is 6.38. The van der Waals surface area contributed by atoms with Gasteiger partial charge in [-0.3, -0.25) is 0 Å². The van der Waals surface area contributed by atoms with Crippen molar-refractivity contribution in [3.63, 3.8) is 0 Å². The topological polar surface area (TPSA) is 21.7 Å². The second-order valence-electron chi connectivity index (χ2n) is 4.47. The van der Waals surface area contributed by atoms with Gasteiger partial charge in [0.15, 0.2) is 0 Å². The van der Waals surface area contributed by atoms with Gasteiger partial charge in [0, 0.05) is 12.1 Å². The maximum atomic E-state index is 5.85. The smallest absolute Gasteiger partial charge is 0.259 e. The highest BCUT2D eigenvalue weighted by molar-refractivity contribution is 7.44. The number of hydrogen-bond acceptors (Lipinski definition) is 3. The largest absolute Gasteiger partial charge is 0.322 e.